The molecule has 0 aliphatic carbocycles. The number of nitrogens with zero attached hydrogens (tertiary/aromatic N) is 3. The molecular weight excluding hydrogens is 330 g/mol. The van der Waals surface area contributed by atoms with Gasteiger partial charge in [0.1, 0.15) is 11.5 Å². The Kier molecular flexibility index (Phi) is 5.50. The minimum absolute atomic E-state index is 0.170. The number of halogens is 4. The molecule has 0 bridgehead atoms. The number of carbonyl (C=O) groups is 1. The Balaban J connectivity index is 2.37. The van der Waals surface area contributed by atoms with E-state index in [-0.39, 0.29) is 11.2 Å². The smallest absolute Gasteiger partial charge is 0.351 e. The summed E-state index contributed by atoms with van der Waals surface area (Å²) >= 11 is 0. The first kappa shape index (κ1) is 17.9. The number of carbonyl (C=O) groups excluding carboxylic acids is 1. The number of hydrogen-bond acceptors (Lipinski definition) is 4. The number of para-hydroxylation sites is 1. The summed E-state index contributed by atoms with van der Waals surface area (Å²) in [4.78, 5) is 12.0. The fraction of sp³-hybridized carbons (Fsp3) is 0.357. The first-order valence-corrected chi connectivity index (χ1v) is 7.07. The lowest BCUT2D eigenvalue weighted by atomic mass is 10.2. The maximum absolute atomic E-state index is 13.8. The first-order valence-electron chi connectivity index (χ1n) is 7.07. The third kappa shape index (κ3) is 3.88. The molecule has 1 aromatic heterocycles. The first-order chi connectivity index (χ1) is 11.4. The van der Waals surface area contributed by atoms with Gasteiger partial charge in [-0.2, -0.15) is 13.2 Å². The number of hydrogen-bond donors (Lipinski definition) is 2. The van der Waals surface area contributed by atoms with Crippen LogP contribution in [0.25, 0.3) is 5.69 Å². The molecule has 2 N–H and O–H groups in total. The van der Waals surface area contributed by atoms with Crippen molar-refractivity contribution in [3.05, 3.63) is 41.5 Å². The lowest BCUT2D eigenvalue weighted by Crippen LogP contribution is -2.29. The Hall–Kier alpha value is -2.49. The van der Waals surface area contributed by atoms with Crippen molar-refractivity contribution in [3.8, 4) is 5.69 Å². The normalized spacial score (nSPS) is 11.5. The van der Waals surface area contributed by atoms with E-state index in [9.17, 15) is 22.4 Å². The van der Waals surface area contributed by atoms with E-state index in [1.54, 1.807) is 7.05 Å². The molecule has 2 aromatic rings. The second-order valence-corrected chi connectivity index (χ2v) is 4.86. The van der Waals surface area contributed by atoms with Crippen molar-refractivity contribution in [2.24, 2.45) is 0 Å². The molecule has 1 amide bonds. The Morgan fingerprint density at radius 3 is 2.58 bits per heavy atom. The zero-order valence-corrected chi connectivity index (χ0v) is 12.7. The molecule has 24 heavy (non-hydrogen) atoms. The van der Waals surface area contributed by atoms with Gasteiger partial charge in [0.15, 0.2) is 11.4 Å². The van der Waals surface area contributed by atoms with Crippen molar-refractivity contribution in [2.75, 3.05) is 20.1 Å². The SMILES string of the molecule is CNCCCNC(=O)c1nnn(-c2ccccc2F)c1C(F)(F)F. The second-order valence-electron chi connectivity index (χ2n) is 4.86. The topological polar surface area (TPSA) is 71.8 Å². The molecule has 0 aliphatic rings. The van der Waals surface area contributed by atoms with Gasteiger partial charge in [-0.1, -0.05) is 17.3 Å². The van der Waals surface area contributed by atoms with E-state index < -0.39 is 35.0 Å². The van der Waals surface area contributed by atoms with Gasteiger partial charge in [-0.15, -0.1) is 5.10 Å². The standard InChI is InChI=1S/C14H15F4N5O/c1-19-7-4-8-20-13(24)11-12(14(16,17)18)23(22-21-11)10-6-3-2-5-9(10)15/h2-3,5-6,19H,4,7-8H2,1H3,(H,20,24). The van der Waals surface area contributed by atoms with Gasteiger partial charge < -0.3 is 10.6 Å². The summed E-state index contributed by atoms with van der Waals surface area (Å²) in [5, 5.41) is 11.8. The molecular formula is C14H15F4N5O. The summed E-state index contributed by atoms with van der Waals surface area (Å²) < 4.78 is 54.1. The maximum atomic E-state index is 13.8. The van der Waals surface area contributed by atoms with Gasteiger partial charge in [-0.05, 0) is 32.1 Å². The van der Waals surface area contributed by atoms with E-state index in [1.807, 2.05) is 0 Å². The maximum Gasteiger partial charge on any atom is 0.435 e. The molecule has 130 valence electrons. The van der Waals surface area contributed by atoms with Gasteiger partial charge >= 0.3 is 6.18 Å². The van der Waals surface area contributed by atoms with Crippen molar-refractivity contribution >= 4 is 5.91 Å². The molecule has 0 radical (unpaired) electrons. The van der Waals surface area contributed by atoms with Crippen LogP contribution in [0.2, 0.25) is 0 Å². The third-order valence-electron chi connectivity index (χ3n) is 3.12. The second kappa shape index (κ2) is 7.39. The van der Waals surface area contributed by atoms with Crippen LogP contribution in [0.3, 0.4) is 0 Å². The van der Waals surface area contributed by atoms with Gasteiger partial charge in [0.2, 0.25) is 0 Å². The van der Waals surface area contributed by atoms with E-state index in [1.165, 1.54) is 12.1 Å². The van der Waals surface area contributed by atoms with Crippen molar-refractivity contribution in [3.63, 3.8) is 0 Å². The number of benzene rings is 1. The molecule has 0 aliphatic heterocycles. The van der Waals surface area contributed by atoms with Gasteiger partial charge in [-0.25, -0.2) is 9.07 Å². The molecule has 0 spiro atoms. The van der Waals surface area contributed by atoms with E-state index in [0.717, 1.165) is 12.1 Å². The van der Waals surface area contributed by atoms with Crippen LogP contribution in [0, 0.1) is 5.82 Å². The van der Waals surface area contributed by atoms with Crippen LogP contribution in [-0.4, -0.2) is 41.0 Å². The van der Waals surface area contributed by atoms with Crippen molar-refractivity contribution in [2.45, 2.75) is 12.6 Å². The molecule has 2 rings (SSSR count). The predicted molar refractivity (Wildman–Crippen MR) is 77.2 cm³/mol. The minimum Gasteiger partial charge on any atom is -0.351 e. The minimum atomic E-state index is -4.93. The quantitative estimate of drug-likeness (QED) is 0.618. The lowest BCUT2D eigenvalue weighted by molar-refractivity contribution is -0.143. The van der Waals surface area contributed by atoms with Gasteiger partial charge in [0, 0.05) is 6.54 Å². The largest absolute Gasteiger partial charge is 0.435 e. The highest BCUT2D eigenvalue weighted by Crippen LogP contribution is 2.33. The Morgan fingerprint density at radius 1 is 1.25 bits per heavy atom. The number of nitrogens with one attached hydrogen (secondary N) is 2. The van der Waals surface area contributed by atoms with Gasteiger partial charge in [0.25, 0.3) is 5.91 Å². The fourth-order valence-corrected chi connectivity index (χ4v) is 2.03. The monoisotopic (exact) mass is 345 g/mol. The van der Waals surface area contributed by atoms with E-state index in [2.05, 4.69) is 20.9 Å². The summed E-state index contributed by atoms with van der Waals surface area (Å²) in [6, 6.07) is 4.80. The zero-order chi connectivity index (χ0) is 17.7. The number of aromatic nitrogens is 3. The van der Waals surface area contributed by atoms with Crippen LogP contribution >= 0.6 is 0 Å². The highest BCUT2D eigenvalue weighted by Gasteiger charge is 2.42. The predicted octanol–water partition coefficient (Wildman–Crippen LogP) is 1.76. The average molecular weight is 345 g/mol. The van der Waals surface area contributed by atoms with E-state index >= 15 is 0 Å². The molecule has 1 heterocycles. The summed E-state index contributed by atoms with van der Waals surface area (Å²) in [7, 11) is 1.71. The number of amides is 1. The van der Waals surface area contributed by atoms with E-state index in [0.29, 0.717) is 13.0 Å². The third-order valence-corrected chi connectivity index (χ3v) is 3.12. The van der Waals surface area contributed by atoms with Crippen molar-refractivity contribution in [1.82, 2.24) is 25.6 Å². The summed E-state index contributed by atoms with van der Waals surface area (Å²) in [5.74, 6) is -1.92. The molecule has 0 fully saturated rings. The molecule has 0 saturated carbocycles. The molecule has 1 aromatic carbocycles. The number of rotatable bonds is 6. The Morgan fingerprint density at radius 2 is 1.96 bits per heavy atom. The lowest BCUT2D eigenvalue weighted by Gasteiger charge is -2.11. The van der Waals surface area contributed by atoms with Gasteiger partial charge in [-0.3, -0.25) is 4.79 Å². The number of alkyl halides is 3. The molecule has 0 atom stereocenters. The highest BCUT2D eigenvalue weighted by molar-refractivity contribution is 5.93. The van der Waals surface area contributed by atoms with Crippen LogP contribution in [0.4, 0.5) is 17.6 Å². The molecule has 6 nitrogen and oxygen atoms in total. The summed E-state index contributed by atoms with van der Waals surface area (Å²) in [6.07, 6.45) is -4.39. The van der Waals surface area contributed by atoms with Crippen LogP contribution in [0.5, 0.6) is 0 Å². The van der Waals surface area contributed by atoms with E-state index in [4.69, 9.17) is 0 Å². The van der Waals surface area contributed by atoms with Gasteiger partial charge in [0.05, 0.1) is 0 Å². The van der Waals surface area contributed by atoms with Crippen LogP contribution in [0.15, 0.2) is 24.3 Å². The van der Waals surface area contributed by atoms with Crippen LogP contribution < -0.4 is 10.6 Å². The molecule has 0 unspecified atom stereocenters. The highest BCUT2D eigenvalue weighted by atomic mass is 19.4. The molecule has 0 saturated heterocycles. The van der Waals surface area contributed by atoms with Crippen LogP contribution in [-0.2, 0) is 6.18 Å². The Bertz CT molecular complexity index is 713. The fourth-order valence-electron chi connectivity index (χ4n) is 2.03. The van der Waals surface area contributed by atoms with Crippen LogP contribution in [0.1, 0.15) is 22.6 Å². The average Bonchev–Trinajstić information content (AvgIpc) is 2.97. The Labute approximate surface area is 134 Å². The van der Waals surface area contributed by atoms with Crippen molar-refractivity contribution in [1.29, 1.82) is 0 Å². The zero-order valence-electron chi connectivity index (χ0n) is 12.7. The summed E-state index contributed by atoms with van der Waals surface area (Å²) in [5.41, 5.74) is -2.75. The summed E-state index contributed by atoms with van der Waals surface area (Å²) in [6.45, 7) is 0.762. The van der Waals surface area contributed by atoms with Crippen molar-refractivity contribution < 1.29 is 22.4 Å². The molecule has 10 heteroatoms.